The van der Waals surface area contributed by atoms with Crippen molar-refractivity contribution in [3.05, 3.63) is 29.1 Å². The van der Waals surface area contributed by atoms with Crippen molar-refractivity contribution in [2.75, 3.05) is 6.54 Å². The number of rotatable bonds is 7. The smallest absolute Gasteiger partial charge is 0.404 e. The van der Waals surface area contributed by atoms with Crippen LogP contribution in [-0.4, -0.2) is 39.1 Å². The van der Waals surface area contributed by atoms with Crippen molar-refractivity contribution in [1.29, 1.82) is 0 Å². The van der Waals surface area contributed by atoms with Gasteiger partial charge in [0, 0.05) is 6.54 Å². The topological polar surface area (TPSA) is 88.0 Å². The second-order valence-electron chi connectivity index (χ2n) is 4.12. The first kappa shape index (κ1) is 19.3. The van der Waals surface area contributed by atoms with Gasteiger partial charge in [-0.1, -0.05) is 0 Å². The highest BCUT2D eigenvalue weighted by Crippen LogP contribution is 2.29. The molecule has 12 heteroatoms. The van der Waals surface area contributed by atoms with E-state index in [1.165, 1.54) is 0 Å². The second-order valence-corrected chi connectivity index (χ2v) is 5.57. The van der Waals surface area contributed by atoms with Gasteiger partial charge in [0.15, 0.2) is 9.76 Å². The Morgan fingerprint density at radius 1 is 1.04 bits per heavy atom. The summed E-state index contributed by atoms with van der Waals surface area (Å²) in [6.07, 6.45) is -1.08. The lowest BCUT2D eigenvalue weighted by molar-refractivity contribution is -0.180. The highest BCUT2D eigenvalue weighted by atomic mass is 28.2. The first-order valence-corrected chi connectivity index (χ1v) is 7.78. The van der Waals surface area contributed by atoms with E-state index in [0.29, 0.717) is 12.5 Å². The summed E-state index contributed by atoms with van der Waals surface area (Å²) in [4.78, 5) is 11.3. The van der Waals surface area contributed by atoms with Gasteiger partial charge in [-0.15, -0.1) is 0 Å². The summed E-state index contributed by atoms with van der Waals surface area (Å²) < 4.78 is 73.6. The summed E-state index contributed by atoms with van der Waals surface area (Å²) in [5.74, 6) is -13.0. The van der Waals surface area contributed by atoms with Crippen molar-refractivity contribution < 1.29 is 46.1 Å². The molecular weight excluding hydrogens is 349 g/mol. The summed E-state index contributed by atoms with van der Waals surface area (Å²) >= 11 is 0. The molecule has 0 saturated heterocycles. The Kier molecular flexibility index (Phi) is 7.35. The number of aliphatic hydroxyl groups is 2. The number of amides is 1. The van der Waals surface area contributed by atoms with Gasteiger partial charge in [-0.05, 0) is 12.5 Å². The van der Waals surface area contributed by atoms with Gasteiger partial charge >= 0.3 is 6.09 Å². The third-order valence-electron chi connectivity index (χ3n) is 2.47. The fourth-order valence-electron chi connectivity index (χ4n) is 1.41. The Hall–Kier alpha value is -1.76. The number of nitrogens with one attached hydrogen (secondary N) is 1. The van der Waals surface area contributed by atoms with Gasteiger partial charge < -0.3 is 24.7 Å². The molecule has 23 heavy (non-hydrogen) atoms. The maximum atomic E-state index is 13.2. The molecule has 0 radical (unpaired) electrons. The van der Waals surface area contributed by atoms with E-state index < -0.39 is 57.2 Å². The van der Waals surface area contributed by atoms with Crippen LogP contribution in [0.15, 0.2) is 0 Å². The number of halogens is 5. The van der Waals surface area contributed by atoms with Crippen LogP contribution >= 0.6 is 0 Å². The zero-order valence-electron chi connectivity index (χ0n) is 11.4. The Morgan fingerprint density at radius 3 is 2.09 bits per heavy atom. The van der Waals surface area contributed by atoms with Crippen LogP contribution in [0.25, 0.3) is 0 Å². The molecule has 1 amide bonds. The molecule has 0 heterocycles. The maximum absolute atomic E-state index is 13.2. The van der Waals surface area contributed by atoms with Crippen LogP contribution in [0.4, 0.5) is 26.7 Å². The van der Waals surface area contributed by atoms with E-state index in [4.69, 9.17) is 10.2 Å². The zero-order chi connectivity index (χ0) is 17.6. The highest BCUT2D eigenvalue weighted by Gasteiger charge is 2.28. The maximum Gasteiger partial charge on any atom is 0.412 e. The number of carbonyl (C=O) groups is 1. The van der Waals surface area contributed by atoms with Crippen LogP contribution in [0.3, 0.4) is 0 Å². The van der Waals surface area contributed by atoms with Crippen molar-refractivity contribution in [3.8, 4) is 5.75 Å². The summed E-state index contributed by atoms with van der Waals surface area (Å²) in [5, 5.41) is 18.8. The summed E-state index contributed by atoms with van der Waals surface area (Å²) in [7, 11) is -1.22. The van der Waals surface area contributed by atoms with Crippen LogP contribution in [0.5, 0.6) is 5.75 Å². The summed E-state index contributed by atoms with van der Waals surface area (Å²) in [6.45, 7) is -1.90. The Morgan fingerprint density at radius 2 is 1.57 bits per heavy atom. The van der Waals surface area contributed by atoms with Crippen molar-refractivity contribution in [2.24, 2.45) is 0 Å². The molecule has 6 nitrogen and oxygen atoms in total. The molecule has 3 N–H and O–H groups in total. The van der Waals surface area contributed by atoms with Gasteiger partial charge in [0.25, 0.3) is 6.48 Å². The largest absolute Gasteiger partial charge is 0.412 e. The molecule has 1 aromatic carbocycles. The lowest BCUT2D eigenvalue weighted by Gasteiger charge is -2.10. The van der Waals surface area contributed by atoms with Gasteiger partial charge in [0.2, 0.25) is 34.8 Å². The van der Waals surface area contributed by atoms with Gasteiger partial charge in [-0.2, -0.15) is 8.78 Å². The second kappa shape index (κ2) is 8.76. The van der Waals surface area contributed by atoms with Gasteiger partial charge in [-0.3, -0.25) is 0 Å². The predicted octanol–water partition coefficient (Wildman–Crippen LogP) is 0.647. The summed E-state index contributed by atoms with van der Waals surface area (Å²) in [6, 6.07) is 0.431. The van der Waals surface area contributed by atoms with E-state index in [1.807, 2.05) is 5.32 Å². The number of hydrogen-bond donors (Lipinski definition) is 3. The molecule has 130 valence electrons. The van der Waals surface area contributed by atoms with Gasteiger partial charge in [0.05, 0.1) is 0 Å². The average Bonchev–Trinajstić information content (AvgIpc) is 2.50. The van der Waals surface area contributed by atoms with E-state index in [2.05, 4.69) is 9.16 Å². The van der Waals surface area contributed by atoms with Crippen molar-refractivity contribution in [3.63, 3.8) is 0 Å². The fraction of sp³-hybridized carbons (Fsp3) is 0.364. The predicted molar refractivity (Wildman–Crippen MR) is 67.5 cm³/mol. The Bertz CT molecular complexity index is 545. The average molecular weight is 361 g/mol. The molecule has 0 aliphatic carbocycles. The number of hydrogen-bond acceptors (Lipinski definition) is 5. The van der Waals surface area contributed by atoms with Crippen LogP contribution in [0, 0.1) is 29.1 Å². The quantitative estimate of drug-likeness (QED) is 0.166. The minimum Gasteiger partial charge on any atom is -0.404 e. The SMILES string of the molecule is O=C(NCCC[SiH2]OC(O)O)Oc1c(F)c(F)c(F)c(F)c1F. The highest BCUT2D eigenvalue weighted by molar-refractivity contribution is 6.27. The number of ether oxygens (including phenoxy) is 1. The molecule has 0 bridgehead atoms. The molecule has 0 aliphatic rings. The third-order valence-corrected chi connectivity index (χ3v) is 3.79. The Balaban J connectivity index is 2.52. The molecule has 0 saturated carbocycles. The van der Waals surface area contributed by atoms with Crippen LogP contribution in [-0.2, 0) is 4.43 Å². The van der Waals surface area contributed by atoms with Crippen molar-refractivity contribution >= 4 is 15.9 Å². The normalized spacial score (nSPS) is 11.5. The van der Waals surface area contributed by atoms with Crippen molar-refractivity contribution in [1.82, 2.24) is 5.32 Å². The molecule has 0 atom stereocenters. The zero-order valence-corrected chi connectivity index (χ0v) is 12.8. The lowest BCUT2D eigenvalue weighted by atomic mass is 10.2. The monoisotopic (exact) mass is 361 g/mol. The molecule has 0 fully saturated rings. The minimum atomic E-state index is -2.36. The number of aliphatic hydroxyl groups excluding tert-OH is 1. The number of carbonyl (C=O) groups excluding carboxylic acids is 1. The molecule has 0 spiro atoms. The number of benzene rings is 1. The molecular formula is C11H12F5NO5Si. The van der Waals surface area contributed by atoms with E-state index in [9.17, 15) is 26.7 Å². The van der Waals surface area contributed by atoms with Gasteiger partial charge in [-0.25, -0.2) is 18.0 Å². The molecule has 0 unspecified atom stereocenters. The molecule has 1 aromatic rings. The van der Waals surface area contributed by atoms with Gasteiger partial charge in [0.1, 0.15) is 0 Å². The molecule has 0 aliphatic heterocycles. The first-order chi connectivity index (χ1) is 10.8. The molecule has 1 rings (SSSR count). The third kappa shape index (κ3) is 5.42. The minimum absolute atomic E-state index is 0.0356. The van der Waals surface area contributed by atoms with Crippen LogP contribution in [0.2, 0.25) is 6.04 Å². The van der Waals surface area contributed by atoms with Crippen molar-refractivity contribution in [2.45, 2.75) is 18.9 Å². The first-order valence-electron chi connectivity index (χ1n) is 6.20. The standard InChI is InChI=1S/C11H12F5NO5Si/c12-4-5(13)7(15)9(8(16)6(4)14)21-10(18)17-2-1-3-23-22-11(19)20/h11,19-20H,1-3,23H2,(H,17,18). The van der Waals surface area contributed by atoms with E-state index >= 15 is 0 Å². The fourth-order valence-corrected chi connectivity index (χ4v) is 2.24. The van der Waals surface area contributed by atoms with E-state index in [0.717, 1.165) is 0 Å². The van der Waals surface area contributed by atoms with E-state index in [1.54, 1.807) is 0 Å². The molecule has 0 aromatic heterocycles. The summed E-state index contributed by atoms with van der Waals surface area (Å²) in [5.41, 5.74) is 0. The van der Waals surface area contributed by atoms with Crippen LogP contribution in [0.1, 0.15) is 6.42 Å². The lowest BCUT2D eigenvalue weighted by Crippen LogP contribution is -2.29. The Labute approximate surface area is 128 Å². The van der Waals surface area contributed by atoms with E-state index in [-0.39, 0.29) is 6.54 Å². The van der Waals surface area contributed by atoms with Crippen LogP contribution < -0.4 is 10.1 Å².